The van der Waals surface area contributed by atoms with E-state index in [4.69, 9.17) is 4.42 Å². The van der Waals surface area contributed by atoms with Crippen LogP contribution in [0.4, 0.5) is 4.79 Å². The minimum Gasteiger partial charge on any atom is -0.468 e. The van der Waals surface area contributed by atoms with Gasteiger partial charge in [-0.15, -0.1) is 0 Å². The highest BCUT2D eigenvalue weighted by Crippen LogP contribution is 1.97. The Morgan fingerprint density at radius 1 is 1.35 bits per heavy atom. The van der Waals surface area contributed by atoms with Crippen molar-refractivity contribution in [2.24, 2.45) is 0 Å². The van der Waals surface area contributed by atoms with Gasteiger partial charge in [-0.2, -0.15) is 0 Å². The van der Waals surface area contributed by atoms with Crippen LogP contribution < -0.4 is 10.6 Å². The van der Waals surface area contributed by atoms with E-state index < -0.39 is 17.9 Å². The largest absolute Gasteiger partial charge is 0.468 e. The molecule has 0 atom stereocenters. The summed E-state index contributed by atoms with van der Waals surface area (Å²) in [7, 11) is 2.83. The van der Waals surface area contributed by atoms with Gasteiger partial charge in [0.2, 0.25) is 5.91 Å². The standard InChI is InChI=1S/C12H17N3O5/c1-15(8-11(17)19-2)7-10(16)14-12(18)13-6-9-4-3-5-20-9/h3-5H,6-8H2,1-2H3,(H2,13,14,16,18). The maximum Gasteiger partial charge on any atom is 0.321 e. The number of methoxy groups -OCH3 is 1. The molecule has 8 heteroatoms. The third kappa shape index (κ3) is 6.01. The molecule has 1 aromatic rings. The smallest absolute Gasteiger partial charge is 0.321 e. The van der Waals surface area contributed by atoms with E-state index in [1.54, 1.807) is 19.2 Å². The molecule has 0 bridgehead atoms. The summed E-state index contributed by atoms with van der Waals surface area (Å²) in [5.74, 6) is -0.397. The Balaban J connectivity index is 2.23. The molecule has 1 rings (SSSR count). The maximum absolute atomic E-state index is 11.5. The molecule has 0 spiro atoms. The summed E-state index contributed by atoms with van der Waals surface area (Å²) in [4.78, 5) is 35.3. The number of nitrogens with zero attached hydrogens (tertiary/aromatic N) is 1. The van der Waals surface area contributed by atoms with Crippen LogP contribution in [-0.2, 0) is 20.9 Å². The number of ether oxygens (including phenoxy) is 1. The fourth-order valence-corrected chi connectivity index (χ4v) is 1.38. The number of carbonyl (C=O) groups excluding carboxylic acids is 3. The van der Waals surface area contributed by atoms with Gasteiger partial charge in [0.15, 0.2) is 0 Å². The van der Waals surface area contributed by atoms with Crippen molar-refractivity contribution in [3.63, 3.8) is 0 Å². The van der Waals surface area contributed by atoms with Crippen LogP contribution in [0.2, 0.25) is 0 Å². The van der Waals surface area contributed by atoms with E-state index >= 15 is 0 Å². The Hall–Kier alpha value is -2.35. The number of likely N-dealkylation sites (N-methyl/N-ethyl adjacent to an activating group) is 1. The number of urea groups is 1. The Morgan fingerprint density at radius 3 is 2.70 bits per heavy atom. The molecule has 0 aliphatic carbocycles. The highest BCUT2D eigenvalue weighted by molar-refractivity contribution is 5.95. The first-order valence-electron chi connectivity index (χ1n) is 5.86. The summed E-state index contributed by atoms with van der Waals surface area (Å²) in [6.07, 6.45) is 1.49. The minimum atomic E-state index is -0.627. The molecule has 0 radical (unpaired) electrons. The lowest BCUT2D eigenvalue weighted by Gasteiger charge is -2.14. The molecule has 1 aromatic heterocycles. The van der Waals surface area contributed by atoms with Gasteiger partial charge in [-0.25, -0.2) is 4.79 Å². The van der Waals surface area contributed by atoms with Gasteiger partial charge in [0.05, 0.1) is 33.0 Å². The summed E-state index contributed by atoms with van der Waals surface area (Å²) in [5, 5.41) is 4.61. The summed E-state index contributed by atoms with van der Waals surface area (Å²) in [6, 6.07) is 2.77. The normalized spacial score (nSPS) is 10.2. The number of rotatable bonds is 6. The molecule has 2 N–H and O–H groups in total. The molecule has 8 nitrogen and oxygen atoms in total. The van der Waals surface area contributed by atoms with Gasteiger partial charge in [0.1, 0.15) is 5.76 Å². The first-order chi connectivity index (χ1) is 9.51. The summed E-state index contributed by atoms with van der Waals surface area (Å²) >= 11 is 0. The van der Waals surface area contributed by atoms with Crippen molar-refractivity contribution in [1.29, 1.82) is 0 Å². The average Bonchev–Trinajstić information content (AvgIpc) is 2.88. The van der Waals surface area contributed by atoms with Gasteiger partial charge in [-0.3, -0.25) is 19.8 Å². The predicted molar refractivity (Wildman–Crippen MR) is 68.6 cm³/mol. The Morgan fingerprint density at radius 2 is 2.10 bits per heavy atom. The number of nitrogens with one attached hydrogen (secondary N) is 2. The second kappa shape index (κ2) is 7.95. The topological polar surface area (TPSA) is 101 Å². The van der Waals surface area contributed by atoms with Crippen LogP contribution in [0.1, 0.15) is 5.76 Å². The zero-order chi connectivity index (χ0) is 15.0. The molecule has 0 aromatic carbocycles. The molecule has 0 unspecified atom stereocenters. The van der Waals surface area contributed by atoms with E-state index in [1.165, 1.54) is 18.3 Å². The van der Waals surface area contributed by atoms with E-state index in [-0.39, 0.29) is 19.6 Å². The van der Waals surface area contributed by atoms with Gasteiger partial charge in [-0.05, 0) is 19.2 Å². The number of hydrogen-bond acceptors (Lipinski definition) is 6. The lowest BCUT2D eigenvalue weighted by Crippen LogP contribution is -2.44. The van der Waals surface area contributed by atoms with Crippen LogP contribution in [-0.4, -0.2) is 50.1 Å². The van der Waals surface area contributed by atoms with Gasteiger partial charge < -0.3 is 14.5 Å². The fraction of sp³-hybridized carbons (Fsp3) is 0.417. The van der Waals surface area contributed by atoms with Crippen molar-refractivity contribution in [2.75, 3.05) is 27.2 Å². The molecule has 0 aliphatic heterocycles. The molecule has 20 heavy (non-hydrogen) atoms. The molecule has 1 heterocycles. The molecular weight excluding hydrogens is 266 g/mol. The Bertz CT molecular complexity index is 458. The van der Waals surface area contributed by atoms with Gasteiger partial charge in [-0.1, -0.05) is 0 Å². The van der Waals surface area contributed by atoms with E-state index in [0.717, 1.165) is 0 Å². The Kier molecular flexibility index (Phi) is 6.24. The third-order valence-electron chi connectivity index (χ3n) is 2.30. The fourth-order valence-electron chi connectivity index (χ4n) is 1.38. The van der Waals surface area contributed by atoms with Crippen molar-refractivity contribution in [1.82, 2.24) is 15.5 Å². The second-order valence-electron chi connectivity index (χ2n) is 4.06. The number of esters is 1. The van der Waals surface area contributed by atoms with Crippen LogP contribution >= 0.6 is 0 Å². The van der Waals surface area contributed by atoms with E-state index in [9.17, 15) is 14.4 Å². The average molecular weight is 283 g/mol. The number of imide groups is 1. The van der Waals surface area contributed by atoms with Crippen molar-refractivity contribution < 1.29 is 23.5 Å². The third-order valence-corrected chi connectivity index (χ3v) is 2.30. The highest BCUT2D eigenvalue weighted by Gasteiger charge is 2.13. The lowest BCUT2D eigenvalue weighted by atomic mass is 10.4. The Labute approximate surface area is 116 Å². The molecule has 0 saturated heterocycles. The van der Waals surface area contributed by atoms with Crippen LogP contribution in [0.15, 0.2) is 22.8 Å². The van der Waals surface area contributed by atoms with E-state index in [2.05, 4.69) is 15.4 Å². The number of furan rings is 1. The second-order valence-corrected chi connectivity index (χ2v) is 4.06. The molecule has 110 valence electrons. The van der Waals surface area contributed by atoms with Crippen LogP contribution in [0.3, 0.4) is 0 Å². The first kappa shape index (κ1) is 15.7. The molecule has 0 saturated carbocycles. The molecular formula is C12H17N3O5. The van der Waals surface area contributed by atoms with Crippen molar-refractivity contribution in [2.45, 2.75) is 6.54 Å². The predicted octanol–water partition coefficient (Wildman–Crippen LogP) is -0.290. The summed E-state index contributed by atoms with van der Waals surface area (Å²) in [5.41, 5.74) is 0. The minimum absolute atomic E-state index is 0.0298. The van der Waals surface area contributed by atoms with Crippen LogP contribution in [0, 0.1) is 0 Å². The van der Waals surface area contributed by atoms with Crippen molar-refractivity contribution in [3.05, 3.63) is 24.2 Å². The first-order valence-corrected chi connectivity index (χ1v) is 5.86. The van der Waals surface area contributed by atoms with Gasteiger partial charge in [0.25, 0.3) is 0 Å². The lowest BCUT2D eigenvalue weighted by molar-refractivity contribution is -0.141. The highest BCUT2D eigenvalue weighted by atomic mass is 16.5. The molecule has 0 aliphatic rings. The van der Waals surface area contributed by atoms with Crippen molar-refractivity contribution in [3.8, 4) is 0 Å². The van der Waals surface area contributed by atoms with Gasteiger partial charge in [0, 0.05) is 0 Å². The quantitative estimate of drug-likeness (QED) is 0.696. The number of hydrogen-bond donors (Lipinski definition) is 2. The molecule has 3 amide bonds. The SMILES string of the molecule is COC(=O)CN(C)CC(=O)NC(=O)NCc1ccco1. The number of carbonyl (C=O) groups is 3. The van der Waals surface area contributed by atoms with E-state index in [0.29, 0.717) is 5.76 Å². The van der Waals surface area contributed by atoms with Crippen LogP contribution in [0.25, 0.3) is 0 Å². The molecule has 0 fully saturated rings. The zero-order valence-corrected chi connectivity index (χ0v) is 11.3. The van der Waals surface area contributed by atoms with Crippen molar-refractivity contribution >= 4 is 17.9 Å². The van der Waals surface area contributed by atoms with Crippen LogP contribution in [0.5, 0.6) is 0 Å². The summed E-state index contributed by atoms with van der Waals surface area (Å²) in [6.45, 7) is 0.0608. The summed E-state index contributed by atoms with van der Waals surface area (Å²) < 4.78 is 9.48. The van der Waals surface area contributed by atoms with Gasteiger partial charge >= 0.3 is 12.0 Å². The monoisotopic (exact) mass is 283 g/mol. The number of amides is 3. The van der Waals surface area contributed by atoms with E-state index in [1.807, 2.05) is 0 Å². The maximum atomic E-state index is 11.5. The zero-order valence-electron chi connectivity index (χ0n) is 11.3.